The van der Waals surface area contributed by atoms with E-state index < -0.39 is 36.3 Å². The highest BCUT2D eigenvalue weighted by Crippen LogP contribution is 2.40. The summed E-state index contributed by atoms with van der Waals surface area (Å²) in [4.78, 5) is 11.4. The zero-order valence-electron chi connectivity index (χ0n) is 24.0. The van der Waals surface area contributed by atoms with Crippen molar-refractivity contribution in [1.82, 2.24) is 5.32 Å². The van der Waals surface area contributed by atoms with Gasteiger partial charge in [0.05, 0.1) is 24.0 Å². The van der Waals surface area contributed by atoms with Crippen molar-refractivity contribution < 1.29 is 27.9 Å². The van der Waals surface area contributed by atoms with Crippen LogP contribution < -0.4 is 10.0 Å². The first-order chi connectivity index (χ1) is 17.2. The third kappa shape index (κ3) is 9.11. The van der Waals surface area contributed by atoms with Crippen LogP contribution >= 0.6 is 0 Å². The fourth-order valence-corrected chi connectivity index (χ4v) is 5.70. The van der Waals surface area contributed by atoms with E-state index in [1.807, 2.05) is 24.3 Å². The van der Waals surface area contributed by atoms with Crippen molar-refractivity contribution in [2.24, 2.45) is 0 Å². The van der Waals surface area contributed by atoms with Gasteiger partial charge < -0.3 is 20.0 Å². The number of aromatic hydroxyl groups is 1. The van der Waals surface area contributed by atoms with Gasteiger partial charge in [0.25, 0.3) is 0 Å². The van der Waals surface area contributed by atoms with Crippen LogP contribution in [0.4, 0.5) is 5.69 Å². The number of rotatable bonds is 12. The molecule has 10 heteroatoms. The molecule has 0 aromatic heterocycles. The smallest absolute Gasteiger partial charge is 0.310 e. The molecule has 0 amide bonds. The minimum atomic E-state index is -3.58. The molecule has 4 N–H and O–H groups in total. The van der Waals surface area contributed by atoms with E-state index in [0.29, 0.717) is 13.0 Å². The van der Waals surface area contributed by atoms with Crippen molar-refractivity contribution in [2.75, 3.05) is 17.5 Å². The number of carboxylic acids is 1. The molecule has 0 saturated carbocycles. The maximum Gasteiger partial charge on any atom is 0.310 e. The molecule has 0 aliphatic rings. The van der Waals surface area contributed by atoms with Gasteiger partial charge in [-0.25, -0.2) is 8.42 Å². The number of nitrogens with one attached hydrogen (secondary N) is 2. The monoisotopic (exact) mass is 564 g/mol. The van der Waals surface area contributed by atoms with Crippen molar-refractivity contribution in [2.45, 2.75) is 83.7 Å². The number of hydrogen-bond donors (Lipinski definition) is 4. The van der Waals surface area contributed by atoms with E-state index in [4.69, 9.17) is 4.43 Å². The molecule has 2 atom stereocenters. The Hall–Kier alpha value is -2.40. The van der Waals surface area contributed by atoms with Crippen LogP contribution in [0.3, 0.4) is 0 Å². The molecule has 1 unspecified atom stereocenters. The molecule has 0 aliphatic carbocycles. The van der Waals surface area contributed by atoms with E-state index in [1.54, 1.807) is 19.1 Å². The first kappa shape index (κ1) is 31.8. The van der Waals surface area contributed by atoms with Gasteiger partial charge in [-0.2, -0.15) is 0 Å². The second-order valence-corrected chi connectivity index (χ2v) is 18.8. The summed E-state index contributed by atoms with van der Waals surface area (Å²) >= 11 is 0. The van der Waals surface area contributed by atoms with Crippen molar-refractivity contribution in [3.8, 4) is 5.75 Å². The topological polar surface area (TPSA) is 125 Å². The lowest BCUT2D eigenvalue weighted by atomic mass is 9.91. The summed E-state index contributed by atoms with van der Waals surface area (Å²) < 4.78 is 32.8. The van der Waals surface area contributed by atoms with Crippen LogP contribution in [0.15, 0.2) is 42.5 Å². The third-order valence-electron chi connectivity index (χ3n) is 7.16. The van der Waals surface area contributed by atoms with Gasteiger partial charge in [0, 0.05) is 12.1 Å². The fraction of sp³-hybridized carbons (Fsp3) is 0.536. The van der Waals surface area contributed by atoms with Gasteiger partial charge >= 0.3 is 5.97 Å². The largest absolute Gasteiger partial charge is 0.506 e. The Morgan fingerprint density at radius 1 is 1.05 bits per heavy atom. The predicted octanol–water partition coefficient (Wildman–Crippen LogP) is 5.63. The normalized spacial score (nSPS) is 14.7. The average Bonchev–Trinajstić information content (AvgIpc) is 2.75. The molecule has 0 spiro atoms. The predicted molar refractivity (Wildman–Crippen MR) is 156 cm³/mol. The number of carboxylic acid groups (broad SMARTS) is 1. The Morgan fingerprint density at radius 3 is 2.24 bits per heavy atom. The summed E-state index contributed by atoms with van der Waals surface area (Å²) in [5.74, 6) is -1.60. The molecule has 8 nitrogen and oxygen atoms in total. The van der Waals surface area contributed by atoms with E-state index in [-0.39, 0.29) is 22.0 Å². The van der Waals surface area contributed by atoms with Gasteiger partial charge in [-0.15, -0.1) is 0 Å². The molecular weight excluding hydrogens is 520 g/mol. The quantitative estimate of drug-likeness (QED) is 0.195. The van der Waals surface area contributed by atoms with Crippen LogP contribution in [-0.4, -0.2) is 51.3 Å². The van der Waals surface area contributed by atoms with Gasteiger partial charge in [0.1, 0.15) is 5.75 Å². The number of carbonyl (C=O) groups is 1. The SMILES string of the molecule is CC(C(=O)O)c1cccc(CC(C)(C)NC[C@@H](O[Si](C)(C)C(C)(C)C)c2ccc(O)c(NS(C)(=O)=O)c2)c1. The minimum Gasteiger partial charge on any atom is -0.506 e. The number of phenols is 1. The van der Waals surface area contributed by atoms with Gasteiger partial charge in [-0.1, -0.05) is 51.1 Å². The molecule has 2 aromatic carbocycles. The van der Waals surface area contributed by atoms with Crippen LogP contribution in [0.25, 0.3) is 0 Å². The number of aliphatic carboxylic acids is 1. The summed E-state index contributed by atoms with van der Waals surface area (Å²) in [5.41, 5.74) is 2.29. The summed E-state index contributed by atoms with van der Waals surface area (Å²) in [7, 11) is -5.81. The van der Waals surface area contributed by atoms with Crippen molar-refractivity contribution in [3.05, 3.63) is 59.2 Å². The van der Waals surface area contributed by atoms with E-state index in [2.05, 4.69) is 57.8 Å². The van der Waals surface area contributed by atoms with Crippen molar-refractivity contribution in [1.29, 1.82) is 0 Å². The van der Waals surface area contributed by atoms with Gasteiger partial charge in [0.15, 0.2) is 8.32 Å². The first-order valence-corrected chi connectivity index (χ1v) is 17.6. The zero-order chi connectivity index (χ0) is 29.1. The lowest BCUT2D eigenvalue weighted by Crippen LogP contribution is -2.47. The molecule has 38 heavy (non-hydrogen) atoms. The molecule has 0 bridgehead atoms. The molecular formula is C28H44N2O6SSi. The molecule has 0 heterocycles. The molecule has 0 radical (unpaired) electrons. The highest BCUT2D eigenvalue weighted by Gasteiger charge is 2.40. The second kappa shape index (κ2) is 11.8. The van der Waals surface area contributed by atoms with E-state index in [9.17, 15) is 23.4 Å². The summed E-state index contributed by atoms with van der Waals surface area (Å²) in [5, 5.41) is 23.2. The lowest BCUT2D eigenvalue weighted by molar-refractivity contribution is -0.138. The number of anilines is 1. The highest BCUT2D eigenvalue weighted by molar-refractivity contribution is 7.92. The zero-order valence-corrected chi connectivity index (χ0v) is 25.9. The minimum absolute atomic E-state index is 0.0488. The first-order valence-electron chi connectivity index (χ1n) is 12.8. The van der Waals surface area contributed by atoms with E-state index in [1.165, 1.54) is 6.07 Å². The van der Waals surface area contributed by atoms with Crippen molar-refractivity contribution >= 4 is 30.0 Å². The maximum absolute atomic E-state index is 11.8. The third-order valence-corrected chi connectivity index (χ3v) is 12.2. The van der Waals surface area contributed by atoms with Crippen LogP contribution in [0.2, 0.25) is 18.1 Å². The van der Waals surface area contributed by atoms with Crippen LogP contribution in [-0.2, 0) is 25.7 Å². The number of sulfonamides is 1. The summed E-state index contributed by atoms with van der Waals surface area (Å²) in [6.45, 7) is 17.1. The van der Waals surface area contributed by atoms with Gasteiger partial charge in [-0.05, 0) is 74.1 Å². The molecule has 2 rings (SSSR count). The molecule has 212 valence electrons. The maximum atomic E-state index is 11.8. The summed E-state index contributed by atoms with van der Waals surface area (Å²) in [6, 6.07) is 12.5. The molecule has 0 aliphatic heterocycles. The summed E-state index contributed by atoms with van der Waals surface area (Å²) in [6.07, 6.45) is 1.31. The molecule has 0 fully saturated rings. The van der Waals surface area contributed by atoms with E-state index in [0.717, 1.165) is 22.9 Å². The fourth-order valence-electron chi connectivity index (χ4n) is 3.85. The number of benzene rings is 2. The van der Waals surface area contributed by atoms with Gasteiger partial charge in [-0.3, -0.25) is 9.52 Å². The second-order valence-electron chi connectivity index (χ2n) is 12.3. The average molecular weight is 565 g/mol. The van der Waals surface area contributed by atoms with Crippen LogP contribution in [0.1, 0.15) is 70.3 Å². The number of hydrogen-bond acceptors (Lipinski definition) is 6. The van der Waals surface area contributed by atoms with E-state index >= 15 is 0 Å². The highest BCUT2D eigenvalue weighted by atomic mass is 32.2. The van der Waals surface area contributed by atoms with Gasteiger partial charge in [0.2, 0.25) is 10.0 Å². The molecule has 0 saturated heterocycles. The Kier molecular flexibility index (Phi) is 9.85. The van der Waals surface area contributed by atoms with Crippen molar-refractivity contribution in [3.63, 3.8) is 0 Å². The Morgan fingerprint density at radius 2 is 1.68 bits per heavy atom. The Labute approximate surface area is 229 Å². The van der Waals surface area contributed by atoms with Crippen LogP contribution in [0, 0.1) is 0 Å². The Balaban J connectivity index is 2.34. The number of phenolic OH excluding ortho intramolecular Hbond substituents is 1. The van der Waals surface area contributed by atoms with Crippen LogP contribution in [0.5, 0.6) is 5.75 Å². The Bertz CT molecular complexity index is 1240. The standard InChI is InChI=1S/C28H44N2O6SSi/c1-19(26(32)33)21-12-10-11-20(15-21)17-28(5,6)29-18-25(36-38(8,9)27(2,3)4)22-13-14-24(31)23(16-22)30-37(7,34)35/h10-16,19,25,29-31H,17-18H2,1-9H3,(H,32,33)/t19?,25-/m1/s1. The lowest BCUT2D eigenvalue weighted by Gasteiger charge is -2.40. The molecule has 2 aromatic rings.